The van der Waals surface area contributed by atoms with E-state index in [4.69, 9.17) is 9.47 Å². The summed E-state index contributed by atoms with van der Waals surface area (Å²) >= 11 is 0. The molecule has 1 unspecified atom stereocenters. The predicted molar refractivity (Wildman–Crippen MR) is 120 cm³/mol. The van der Waals surface area contributed by atoms with E-state index >= 15 is 0 Å². The topological polar surface area (TPSA) is 62.8 Å². The molecule has 3 aromatic carbocycles. The Balaban J connectivity index is 1.32. The number of benzene rings is 3. The van der Waals surface area contributed by atoms with Gasteiger partial charge in [0.25, 0.3) is 0 Å². The van der Waals surface area contributed by atoms with Crippen LogP contribution in [-0.4, -0.2) is 37.5 Å². The zero-order valence-electron chi connectivity index (χ0n) is 17.2. The van der Waals surface area contributed by atoms with Crippen LogP contribution in [0.25, 0.3) is 0 Å². The Labute approximate surface area is 178 Å². The van der Waals surface area contributed by atoms with Gasteiger partial charge in [0.1, 0.15) is 19.3 Å². The zero-order valence-corrected chi connectivity index (χ0v) is 17.2. The van der Waals surface area contributed by atoms with Crippen LogP contribution in [-0.2, 0) is 13.2 Å². The van der Waals surface area contributed by atoms with Gasteiger partial charge in [-0.25, -0.2) is 0 Å². The summed E-state index contributed by atoms with van der Waals surface area (Å²) in [6, 6.07) is 27.8. The van der Waals surface area contributed by atoms with Crippen molar-refractivity contribution in [1.29, 1.82) is 0 Å². The average molecular weight is 407 g/mol. The summed E-state index contributed by atoms with van der Waals surface area (Å²) in [6.45, 7) is 3.60. The second-order valence-corrected chi connectivity index (χ2v) is 7.05. The van der Waals surface area contributed by atoms with Crippen molar-refractivity contribution in [1.82, 2.24) is 10.6 Å². The lowest BCUT2D eigenvalue weighted by molar-refractivity contribution is 0.104. The third-order valence-corrected chi connectivity index (χ3v) is 4.55. The number of para-hydroxylation sites is 2. The highest BCUT2D eigenvalue weighted by Gasteiger charge is 2.09. The fourth-order valence-electron chi connectivity index (χ4n) is 2.94. The van der Waals surface area contributed by atoms with E-state index in [1.807, 2.05) is 72.8 Å². The zero-order chi connectivity index (χ0) is 20.9. The number of nitrogens with one attached hydrogen (secondary N) is 2. The Bertz CT molecular complexity index is 843. The van der Waals surface area contributed by atoms with E-state index in [2.05, 4.69) is 22.8 Å². The van der Waals surface area contributed by atoms with E-state index in [-0.39, 0.29) is 6.61 Å². The molecule has 0 amide bonds. The first-order valence-corrected chi connectivity index (χ1v) is 10.3. The summed E-state index contributed by atoms with van der Waals surface area (Å²) in [5, 5.41) is 16.8. The Morgan fingerprint density at radius 2 is 1.23 bits per heavy atom. The van der Waals surface area contributed by atoms with Crippen molar-refractivity contribution < 1.29 is 14.6 Å². The van der Waals surface area contributed by atoms with Gasteiger partial charge in [-0.3, -0.25) is 0 Å². The maximum Gasteiger partial charge on any atom is 0.161 e. The molecule has 3 rings (SSSR count). The van der Waals surface area contributed by atoms with Gasteiger partial charge in [-0.15, -0.1) is 0 Å². The van der Waals surface area contributed by atoms with Crippen LogP contribution in [0.4, 0.5) is 0 Å². The largest absolute Gasteiger partial charge is 0.487 e. The van der Waals surface area contributed by atoms with Gasteiger partial charge in [-0.05, 0) is 23.3 Å². The van der Waals surface area contributed by atoms with Gasteiger partial charge in [-0.1, -0.05) is 72.8 Å². The van der Waals surface area contributed by atoms with Crippen molar-refractivity contribution in [3.63, 3.8) is 0 Å². The molecule has 0 aromatic heterocycles. The minimum Gasteiger partial charge on any atom is -0.487 e. The Morgan fingerprint density at radius 3 is 1.93 bits per heavy atom. The highest BCUT2D eigenvalue weighted by atomic mass is 16.5. The molecule has 0 spiro atoms. The number of aliphatic hydroxyl groups is 1. The van der Waals surface area contributed by atoms with E-state index in [0.29, 0.717) is 24.7 Å². The molecule has 0 aliphatic carbocycles. The van der Waals surface area contributed by atoms with Crippen LogP contribution in [0.3, 0.4) is 0 Å². The highest BCUT2D eigenvalue weighted by molar-refractivity contribution is 5.39. The average Bonchev–Trinajstić information content (AvgIpc) is 2.80. The van der Waals surface area contributed by atoms with Crippen LogP contribution >= 0.6 is 0 Å². The molecule has 0 saturated heterocycles. The normalized spacial score (nSPS) is 11.8. The molecule has 0 saturated carbocycles. The summed E-state index contributed by atoms with van der Waals surface area (Å²) in [4.78, 5) is 0. The van der Waals surface area contributed by atoms with Gasteiger partial charge >= 0.3 is 0 Å². The molecule has 0 fully saturated rings. The van der Waals surface area contributed by atoms with Gasteiger partial charge in [0, 0.05) is 26.2 Å². The smallest absolute Gasteiger partial charge is 0.161 e. The molecular formula is C25H30N2O3. The quantitative estimate of drug-likeness (QED) is 0.380. The molecule has 0 heterocycles. The number of ether oxygens (including phenoxy) is 2. The molecule has 3 N–H and O–H groups in total. The third-order valence-electron chi connectivity index (χ3n) is 4.55. The maximum atomic E-state index is 10.2. The summed E-state index contributed by atoms with van der Waals surface area (Å²) in [7, 11) is 0. The molecule has 0 aliphatic heterocycles. The first kappa shape index (κ1) is 21.8. The minimum absolute atomic E-state index is 0.205. The van der Waals surface area contributed by atoms with E-state index in [1.165, 1.54) is 5.56 Å². The summed E-state index contributed by atoms with van der Waals surface area (Å²) < 4.78 is 11.7. The van der Waals surface area contributed by atoms with E-state index in [0.717, 1.165) is 25.2 Å². The van der Waals surface area contributed by atoms with Gasteiger partial charge < -0.3 is 25.2 Å². The summed E-state index contributed by atoms with van der Waals surface area (Å²) in [5.41, 5.74) is 2.36. The molecular weight excluding hydrogens is 376 g/mol. The maximum absolute atomic E-state index is 10.2. The van der Waals surface area contributed by atoms with Crippen molar-refractivity contribution >= 4 is 0 Å². The Kier molecular flexibility index (Phi) is 9.21. The molecule has 158 valence electrons. The van der Waals surface area contributed by atoms with Gasteiger partial charge in [-0.2, -0.15) is 0 Å². The lowest BCUT2D eigenvalue weighted by Crippen LogP contribution is -2.35. The Morgan fingerprint density at radius 1 is 0.667 bits per heavy atom. The predicted octanol–water partition coefficient (Wildman–Crippen LogP) is 3.38. The van der Waals surface area contributed by atoms with Crippen molar-refractivity contribution in [2.45, 2.75) is 19.3 Å². The van der Waals surface area contributed by atoms with E-state index < -0.39 is 6.10 Å². The minimum atomic E-state index is -0.596. The number of hydrogen-bond donors (Lipinski definition) is 3. The van der Waals surface area contributed by atoms with Gasteiger partial charge in [0.2, 0.25) is 0 Å². The molecule has 0 aliphatic rings. The van der Waals surface area contributed by atoms with Crippen LogP contribution in [0, 0.1) is 0 Å². The SMILES string of the molecule is OC(CNCCNCc1ccccc1)COc1ccccc1OCc1ccccc1. The fraction of sp³-hybridized carbons (Fsp3) is 0.280. The van der Waals surface area contributed by atoms with Crippen molar-refractivity contribution in [3.05, 3.63) is 96.1 Å². The molecule has 0 bridgehead atoms. The monoisotopic (exact) mass is 406 g/mol. The third kappa shape index (κ3) is 7.87. The molecule has 30 heavy (non-hydrogen) atoms. The summed E-state index contributed by atoms with van der Waals surface area (Å²) in [6.07, 6.45) is -0.596. The summed E-state index contributed by atoms with van der Waals surface area (Å²) in [5.74, 6) is 1.31. The molecule has 0 radical (unpaired) electrons. The lowest BCUT2D eigenvalue weighted by Gasteiger charge is -2.16. The van der Waals surface area contributed by atoms with Crippen LogP contribution in [0.15, 0.2) is 84.9 Å². The van der Waals surface area contributed by atoms with Crippen molar-refractivity contribution in [3.8, 4) is 11.5 Å². The number of hydrogen-bond acceptors (Lipinski definition) is 5. The lowest BCUT2D eigenvalue weighted by atomic mass is 10.2. The second-order valence-electron chi connectivity index (χ2n) is 7.05. The van der Waals surface area contributed by atoms with Crippen LogP contribution < -0.4 is 20.1 Å². The first-order valence-electron chi connectivity index (χ1n) is 10.3. The highest BCUT2D eigenvalue weighted by Crippen LogP contribution is 2.27. The second kappa shape index (κ2) is 12.6. The van der Waals surface area contributed by atoms with Crippen molar-refractivity contribution in [2.24, 2.45) is 0 Å². The molecule has 5 heteroatoms. The number of rotatable bonds is 13. The molecule has 5 nitrogen and oxygen atoms in total. The van der Waals surface area contributed by atoms with Crippen molar-refractivity contribution in [2.75, 3.05) is 26.2 Å². The van der Waals surface area contributed by atoms with Crippen LogP contribution in [0.5, 0.6) is 11.5 Å². The van der Waals surface area contributed by atoms with Gasteiger partial charge in [0.15, 0.2) is 11.5 Å². The van der Waals surface area contributed by atoms with E-state index in [1.54, 1.807) is 0 Å². The van der Waals surface area contributed by atoms with E-state index in [9.17, 15) is 5.11 Å². The van der Waals surface area contributed by atoms with Crippen LogP contribution in [0.2, 0.25) is 0 Å². The first-order chi connectivity index (χ1) is 14.8. The fourth-order valence-corrected chi connectivity index (χ4v) is 2.94. The molecule has 3 aromatic rings. The van der Waals surface area contributed by atoms with Crippen LogP contribution in [0.1, 0.15) is 11.1 Å². The Hall–Kier alpha value is -2.86. The number of aliphatic hydroxyl groups excluding tert-OH is 1. The molecule has 1 atom stereocenters. The standard InChI is InChI=1S/C25H30N2O3/c28-23(18-27-16-15-26-17-21-9-3-1-4-10-21)20-30-25-14-8-7-13-24(25)29-19-22-11-5-2-6-12-22/h1-14,23,26-28H,15-20H2. The van der Waals surface area contributed by atoms with Gasteiger partial charge in [0.05, 0.1) is 0 Å².